The Morgan fingerprint density at radius 1 is 1.22 bits per heavy atom. The van der Waals surface area contributed by atoms with Gasteiger partial charge in [0.05, 0.1) is 23.8 Å². The zero-order chi connectivity index (χ0) is 16.1. The van der Waals surface area contributed by atoms with Gasteiger partial charge in [0.15, 0.2) is 0 Å². The lowest BCUT2D eigenvalue weighted by Crippen LogP contribution is -2.48. The van der Waals surface area contributed by atoms with E-state index in [4.69, 9.17) is 0 Å². The number of anilines is 1. The summed E-state index contributed by atoms with van der Waals surface area (Å²) in [5.74, 6) is -0.288. The molecule has 1 aromatic heterocycles. The molecule has 0 radical (unpaired) electrons. The maximum atomic E-state index is 12.5. The van der Waals surface area contributed by atoms with Crippen molar-refractivity contribution in [3.63, 3.8) is 0 Å². The molecule has 1 fully saturated rings. The molecule has 0 unspecified atom stereocenters. The molecule has 0 bridgehead atoms. The van der Waals surface area contributed by atoms with Crippen LogP contribution in [0.2, 0.25) is 0 Å². The molecular formula is C17H20N4O2. The molecule has 1 saturated carbocycles. The van der Waals surface area contributed by atoms with Gasteiger partial charge in [-0.3, -0.25) is 14.7 Å². The van der Waals surface area contributed by atoms with Crippen molar-refractivity contribution in [1.29, 1.82) is 0 Å². The van der Waals surface area contributed by atoms with Crippen LogP contribution in [0.5, 0.6) is 0 Å². The maximum Gasteiger partial charge on any atom is 0.243 e. The topological polar surface area (TPSA) is 86.9 Å². The summed E-state index contributed by atoms with van der Waals surface area (Å²) >= 11 is 0. The third-order valence-corrected chi connectivity index (χ3v) is 4.37. The number of nitrogens with zero attached hydrogens (tertiary/aromatic N) is 1. The SMILES string of the molecule is O=C(CNC(=O)C1(Cc2ccccc2)CCC1)Nc1cn[nH]c1. The molecule has 120 valence electrons. The van der Waals surface area contributed by atoms with Crippen molar-refractivity contribution in [2.24, 2.45) is 5.41 Å². The lowest BCUT2D eigenvalue weighted by atomic mass is 9.64. The average Bonchev–Trinajstić information content (AvgIpc) is 3.02. The van der Waals surface area contributed by atoms with Gasteiger partial charge in [0.2, 0.25) is 11.8 Å². The first-order valence-corrected chi connectivity index (χ1v) is 7.79. The summed E-state index contributed by atoms with van der Waals surface area (Å²) in [5, 5.41) is 11.8. The minimum Gasteiger partial charge on any atom is -0.347 e. The fourth-order valence-corrected chi connectivity index (χ4v) is 2.95. The number of hydrogen-bond donors (Lipinski definition) is 3. The van der Waals surface area contributed by atoms with Crippen molar-refractivity contribution in [2.75, 3.05) is 11.9 Å². The molecule has 6 nitrogen and oxygen atoms in total. The molecule has 1 heterocycles. The second kappa shape index (κ2) is 6.64. The molecule has 1 aromatic carbocycles. The van der Waals surface area contributed by atoms with E-state index < -0.39 is 0 Å². The first kappa shape index (κ1) is 15.3. The van der Waals surface area contributed by atoms with Crippen LogP contribution in [-0.4, -0.2) is 28.6 Å². The quantitative estimate of drug-likeness (QED) is 0.761. The van der Waals surface area contributed by atoms with Gasteiger partial charge in [0, 0.05) is 6.20 Å². The molecule has 0 atom stereocenters. The summed E-state index contributed by atoms with van der Waals surface area (Å²) in [4.78, 5) is 24.4. The Hall–Kier alpha value is -2.63. The van der Waals surface area contributed by atoms with E-state index >= 15 is 0 Å². The smallest absolute Gasteiger partial charge is 0.243 e. The highest BCUT2D eigenvalue weighted by molar-refractivity contribution is 5.95. The fraction of sp³-hybridized carbons (Fsp3) is 0.353. The van der Waals surface area contributed by atoms with Crippen LogP contribution in [0, 0.1) is 5.41 Å². The standard InChI is InChI=1S/C17H20N4O2/c22-15(21-14-10-19-20-11-14)12-18-16(23)17(7-4-8-17)9-13-5-2-1-3-6-13/h1-3,5-6,10-11H,4,7-9,12H2,(H,18,23)(H,19,20)(H,21,22). The summed E-state index contributed by atoms with van der Waals surface area (Å²) < 4.78 is 0. The van der Waals surface area contributed by atoms with Gasteiger partial charge >= 0.3 is 0 Å². The maximum absolute atomic E-state index is 12.5. The normalized spacial score (nSPS) is 15.5. The fourth-order valence-electron chi connectivity index (χ4n) is 2.95. The van der Waals surface area contributed by atoms with Gasteiger partial charge in [-0.15, -0.1) is 0 Å². The van der Waals surface area contributed by atoms with Crippen LogP contribution in [-0.2, 0) is 16.0 Å². The zero-order valence-corrected chi connectivity index (χ0v) is 12.8. The summed E-state index contributed by atoms with van der Waals surface area (Å²) in [6.07, 6.45) is 6.63. The Kier molecular flexibility index (Phi) is 4.41. The Labute approximate surface area is 134 Å². The number of H-pyrrole nitrogens is 1. The molecule has 0 aliphatic heterocycles. The van der Waals surface area contributed by atoms with Gasteiger partial charge in [-0.2, -0.15) is 5.10 Å². The van der Waals surface area contributed by atoms with Gasteiger partial charge in [-0.05, 0) is 24.8 Å². The van der Waals surface area contributed by atoms with Crippen molar-refractivity contribution < 1.29 is 9.59 Å². The summed E-state index contributed by atoms with van der Waals surface area (Å²) in [5.41, 5.74) is 1.38. The van der Waals surface area contributed by atoms with E-state index in [-0.39, 0.29) is 23.8 Å². The minimum absolute atomic E-state index is 0.0272. The molecule has 2 amide bonds. The number of benzene rings is 1. The number of carbonyl (C=O) groups is 2. The molecule has 1 aliphatic carbocycles. The Morgan fingerprint density at radius 3 is 2.61 bits per heavy atom. The van der Waals surface area contributed by atoms with Crippen LogP contribution < -0.4 is 10.6 Å². The first-order valence-electron chi connectivity index (χ1n) is 7.79. The highest BCUT2D eigenvalue weighted by Crippen LogP contribution is 2.43. The van der Waals surface area contributed by atoms with Crippen molar-refractivity contribution >= 4 is 17.5 Å². The molecular weight excluding hydrogens is 292 g/mol. The van der Waals surface area contributed by atoms with Crippen molar-refractivity contribution in [3.05, 3.63) is 48.3 Å². The lowest BCUT2D eigenvalue weighted by Gasteiger charge is -2.40. The molecule has 2 aromatic rings. The number of hydrogen-bond acceptors (Lipinski definition) is 3. The van der Waals surface area contributed by atoms with Crippen LogP contribution >= 0.6 is 0 Å². The number of carbonyl (C=O) groups excluding carboxylic acids is 2. The highest BCUT2D eigenvalue weighted by atomic mass is 16.2. The van der Waals surface area contributed by atoms with Gasteiger partial charge in [-0.1, -0.05) is 36.8 Å². The van der Waals surface area contributed by atoms with Crippen molar-refractivity contribution in [3.8, 4) is 0 Å². The highest BCUT2D eigenvalue weighted by Gasteiger charge is 2.43. The number of nitrogens with one attached hydrogen (secondary N) is 3. The summed E-state index contributed by atoms with van der Waals surface area (Å²) in [7, 11) is 0. The number of aromatic nitrogens is 2. The third-order valence-electron chi connectivity index (χ3n) is 4.37. The van der Waals surface area contributed by atoms with E-state index in [2.05, 4.69) is 20.8 Å². The Morgan fingerprint density at radius 2 is 2.00 bits per heavy atom. The molecule has 23 heavy (non-hydrogen) atoms. The minimum atomic E-state index is -0.364. The Bertz CT molecular complexity index is 663. The van der Waals surface area contributed by atoms with Gasteiger partial charge < -0.3 is 10.6 Å². The van der Waals surface area contributed by atoms with E-state index in [1.54, 1.807) is 6.20 Å². The van der Waals surface area contributed by atoms with Gasteiger partial charge in [0.25, 0.3) is 0 Å². The van der Waals surface area contributed by atoms with E-state index in [9.17, 15) is 9.59 Å². The van der Waals surface area contributed by atoms with E-state index in [0.717, 1.165) is 31.2 Å². The predicted octanol–water partition coefficient (Wildman–Crippen LogP) is 1.88. The Balaban J connectivity index is 1.54. The largest absolute Gasteiger partial charge is 0.347 e. The molecule has 6 heteroatoms. The zero-order valence-electron chi connectivity index (χ0n) is 12.8. The average molecular weight is 312 g/mol. The first-order chi connectivity index (χ1) is 11.2. The van der Waals surface area contributed by atoms with Crippen LogP contribution in [0.15, 0.2) is 42.7 Å². The molecule has 3 N–H and O–H groups in total. The second-order valence-corrected chi connectivity index (χ2v) is 6.01. The monoisotopic (exact) mass is 312 g/mol. The molecule has 1 aliphatic rings. The predicted molar refractivity (Wildman–Crippen MR) is 86.7 cm³/mol. The van der Waals surface area contributed by atoms with Crippen LogP contribution in [0.25, 0.3) is 0 Å². The summed E-state index contributed by atoms with van der Waals surface area (Å²) in [6, 6.07) is 10.0. The van der Waals surface area contributed by atoms with Crippen LogP contribution in [0.1, 0.15) is 24.8 Å². The van der Waals surface area contributed by atoms with Gasteiger partial charge in [-0.25, -0.2) is 0 Å². The third kappa shape index (κ3) is 3.59. The van der Waals surface area contributed by atoms with Gasteiger partial charge in [0.1, 0.15) is 0 Å². The lowest BCUT2D eigenvalue weighted by molar-refractivity contribution is -0.137. The van der Waals surface area contributed by atoms with Crippen molar-refractivity contribution in [2.45, 2.75) is 25.7 Å². The second-order valence-electron chi connectivity index (χ2n) is 6.01. The molecule has 3 rings (SSSR count). The van der Waals surface area contributed by atoms with E-state index in [1.807, 2.05) is 30.3 Å². The number of rotatable bonds is 6. The van der Waals surface area contributed by atoms with Crippen LogP contribution in [0.3, 0.4) is 0 Å². The number of amides is 2. The van der Waals surface area contributed by atoms with E-state index in [1.165, 1.54) is 6.20 Å². The molecule has 0 saturated heterocycles. The van der Waals surface area contributed by atoms with Crippen LogP contribution in [0.4, 0.5) is 5.69 Å². The number of aromatic amines is 1. The van der Waals surface area contributed by atoms with E-state index in [0.29, 0.717) is 5.69 Å². The summed E-state index contributed by atoms with van der Waals surface area (Å²) in [6.45, 7) is -0.0272. The van der Waals surface area contributed by atoms with Crippen molar-refractivity contribution in [1.82, 2.24) is 15.5 Å². The molecule has 0 spiro atoms.